The normalized spacial score (nSPS) is 10.5. The molecule has 8 heteroatoms. The summed E-state index contributed by atoms with van der Waals surface area (Å²) in [5.41, 5.74) is 3.87. The third-order valence-corrected chi connectivity index (χ3v) is 5.09. The molecule has 0 aliphatic rings. The van der Waals surface area contributed by atoms with Crippen LogP contribution in [0, 0.1) is 0 Å². The predicted octanol–water partition coefficient (Wildman–Crippen LogP) is 2.74. The van der Waals surface area contributed by atoms with Crippen molar-refractivity contribution in [1.29, 1.82) is 0 Å². The number of benzene rings is 2. The fourth-order valence-corrected chi connectivity index (χ4v) is 3.34. The number of amides is 3. The molecule has 2 aromatic carbocycles. The lowest BCUT2D eigenvalue weighted by atomic mass is 10.1. The number of carbonyl (C=O) groups is 3. The van der Waals surface area contributed by atoms with Crippen molar-refractivity contribution in [3.63, 3.8) is 0 Å². The fourth-order valence-electron chi connectivity index (χ4n) is 3.34. The Morgan fingerprint density at radius 2 is 1.39 bits per heavy atom. The summed E-state index contributed by atoms with van der Waals surface area (Å²) in [5, 5.41) is 14.2. The van der Waals surface area contributed by atoms with Crippen molar-refractivity contribution in [2.45, 2.75) is 38.5 Å². The standard InChI is InChI=1S/C25H34N4O4/c30-23(26-18-16-21-11-5-3-6-12-21)19-29(25(32)15-9-1-2-10-17-27-33)20-24(31)28-22-13-7-4-8-14-22/h3-8,11-14,27,33H,1-2,9-10,15-20H2,(H,26,30)(H,28,31). The van der Waals surface area contributed by atoms with Crippen LogP contribution in [0.1, 0.15) is 37.7 Å². The first-order chi connectivity index (χ1) is 16.1. The topological polar surface area (TPSA) is 111 Å². The summed E-state index contributed by atoms with van der Waals surface area (Å²) in [7, 11) is 0. The second kappa shape index (κ2) is 15.6. The van der Waals surface area contributed by atoms with E-state index < -0.39 is 0 Å². The lowest BCUT2D eigenvalue weighted by Crippen LogP contribution is -2.44. The van der Waals surface area contributed by atoms with Gasteiger partial charge in [0.15, 0.2) is 0 Å². The smallest absolute Gasteiger partial charge is 0.244 e. The van der Waals surface area contributed by atoms with Crippen molar-refractivity contribution < 1.29 is 19.6 Å². The molecule has 0 aliphatic heterocycles. The number of nitrogens with zero attached hydrogens (tertiary/aromatic N) is 1. The molecular weight excluding hydrogens is 420 g/mol. The minimum atomic E-state index is -0.347. The molecule has 0 heterocycles. The molecule has 0 radical (unpaired) electrons. The maximum absolute atomic E-state index is 12.8. The van der Waals surface area contributed by atoms with Gasteiger partial charge in [0, 0.05) is 25.2 Å². The van der Waals surface area contributed by atoms with Gasteiger partial charge in [0.05, 0.1) is 0 Å². The van der Waals surface area contributed by atoms with Crippen LogP contribution in [0.3, 0.4) is 0 Å². The number of para-hydroxylation sites is 1. The van der Waals surface area contributed by atoms with E-state index in [0.29, 0.717) is 31.6 Å². The fraction of sp³-hybridized carbons (Fsp3) is 0.400. The molecule has 0 unspecified atom stereocenters. The molecule has 4 N–H and O–H groups in total. The van der Waals surface area contributed by atoms with E-state index in [2.05, 4.69) is 16.1 Å². The predicted molar refractivity (Wildman–Crippen MR) is 128 cm³/mol. The van der Waals surface area contributed by atoms with E-state index in [1.165, 1.54) is 4.90 Å². The summed E-state index contributed by atoms with van der Waals surface area (Å²) in [6, 6.07) is 18.8. The zero-order chi connectivity index (χ0) is 23.7. The second-order valence-corrected chi connectivity index (χ2v) is 7.82. The van der Waals surface area contributed by atoms with Gasteiger partial charge in [0.2, 0.25) is 17.7 Å². The number of hydrogen-bond acceptors (Lipinski definition) is 5. The molecule has 0 saturated carbocycles. The molecule has 0 bridgehead atoms. The van der Waals surface area contributed by atoms with Crippen molar-refractivity contribution in [1.82, 2.24) is 15.7 Å². The quantitative estimate of drug-likeness (QED) is 0.244. The van der Waals surface area contributed by atoms with Crippen LogP contribution >= 0.6 is 0 Å². The zero-order valence-corrected chi connectivity index (χ0v) is 19.0. The van der Waals surface area contributed by atoms with E-state index in [-0.39, 0.29) is 37.2 Å². The van der Waals surface area contributed by atoms with E-state index in [4.69, 9.17) is 5.21 Å². The first kappa shape index (κ1) is 26.0. The molecule has 178 valence electrons. The highest BCUT2D eigenvalue weighted by Gasteiger charge is 2.20. The molecule has 2 aromatic rings. The van der Waals surface area contributed by atoms with Crippen molar-refractivity contribution >= 4 is 23.4 Å². The van der Waals surface area contributed by atoms with Crippen LogP contribution in [-0.4, -0.2) is 54.0 Å². The second-order valence-electron chi connectivity index (χ2n) is 7.82. The van der Waals surface area contributed by atoms with E-state index in [0.717, 1.165) is 24.8 Å². The maximum Gasteiger partial charge on any atom is 0.244 e. The summed E-state index contributed by atoms with van der Waals surface area (Å²) in [5.74, 6) is -0.863. The van der Waals surface area contributed by atoms with Crippen molar-refractivity contribution in [3.05, 3.63) is 66.2 Å². The van der Waals surface area contributed by atoms with E-state index in [9.17, 15) is 14.4 Å². The number of hydroxylamine groups is 1. The average Bonchev–Trinajstić information content (AvgIpc) is 2.82. The highest BCUT2D eigenvalue weighted by Crippen LogP contribution is 2.08. The van der Waals surface area contributed by atoms with Gasteiger partial charge in [-0.25, -0.2) is 5.48 Å². The lowest BCUT2D eigenvalue weighted by molar-refractivity contribution is -0.138. The highest BCUT2D eigenvalue weighted by atomic mass is 16.5. The first-order valence-corrected chi connectivity index (χ1v) is 11.4. The maximum atomic E-state index is 12.8. The Morgan fingerprint density at radius 3 is 2.09 bits per heavy atom. The number of hydrogen-bond donors (Lipinski definition) is 4. The number of nitrogens with one attached hydrogen (secondary N) is 3. The summed E-state index contributed by atoms with van der Waals surface area (Å²) < 4.78 is 0. The van der Waals surface area contributed by atoms with E-state index in [1.54, 1.807) is 12.1 Å². The lowest BCUT2D eigenvalue weighted by Gasteiger charge is -2.22. The third-order valence-electron chi connectivity index (χ3n) is 5.09. The average molecular weight is 455 g/mol. The molecule has 0 spiro atoms. The van der Waals surface area contributed by atoms with Gasteiger partial charge in [-0.1, -0.05) is 61.4 Å². The summed E-state index contributed by atoms with van der Waals surface area (Å²) in [4.78, 5) is 39.0. The van der Waals surface area contributed by atoms with Crippen molar-refractivity contribution in [2.24, 2.45) is 0 Å². The van der Waals surface area contributed by atoms with Crippen LogP contribution in [0.15, 0.2) is 60.7 Å². The molecule has 0 fully saturated rings. The molecule has 33 heavy (non-hydrogen) atoms. The molecular formula is C25H34N4O4. The molecule has 0 atom stereocenters. The van der Waals surface area contributed by atoms with Crippen molar-refractivity contribution in [3.8, 4) is 0 Å². The summed E-state index contributed by atoms with van der Waals surface area (Å²) in [6.07, 6.45) is 4.16. The number of carbonyl (C=O) groups excluding carboxylic acids is 3. The van der Waals surface area contributed by atoms with Crippen LogP contribution in [0.5, 0.6) is 0 Å². The monoisotopic (exact) mass is 454 g/mol. The molecule has 0 aliphatic carbocycles. The van der Waals surface area contributed by atoms with Gasteiger partial charge in [-0.3, -0.25) is 14.4 Å². The number of unbranched alkanes of at least 4 members (excludes halogenated alkanes) is 3. The number of anilines is 1. The first-order valence-electron chi connectivity index (χ1n) is 11.4. The molecule has 0 aromatic heterocycles. The van der Waals surface area contributed by atoms with Gasteiger partial charge >= 0.3 is 0 Å². The molecule has 0 saturated heterocycles. The van der Waals surface area contributed by atoms with E-state index >= 15 is 0 Å². The highest BCUT2D eigenvalue weighted by molar-refractivity contribution is 5.95. The van der Waals surface area contributed by atoms with Gasteiger partial charge in [0.25, 0.3) is 0 Å². The third kappa shape index (κ3) is 11.3. The molecule has 2 rings (SSSR count). The van der Waals surface area contributed by atoms with Crippen LogP contribution in [-0.2, 0) is 20.8 Å². The van der Waals surface area contributed by atoms with Gasteiger partial charge in [-0.2, -0.15) is 0 Å². The molecule has 8 nitrogen and oxygen atoms in total. The SMILES string of the molecule is O=C(CN(CC(=O)Nc1ccccc1)C(=O)CCCCCCNO)NCCc1ccccc1. The Morgan fingerprint density at radius 1 is 0.758 bits per heavy atom. The van der Waals surface area contributed by atoms with Crippen molar-refractivity contribution in [2.75, 3.05) is 31.5 Å². The largest absolute Gasteiger partial charge is 0.354 e. The van der Waals surface area contributed by atoms with Gasteiger partial charge in [0.1, 0.15) is 13.1 Å². The number of rotatable bonds is 15. The zero-order valence-electron chi connectivity index (χ0n) is 19.0. The molecule has 3 amide bonds. The van der Waals surface area contributed by atoms with Gasteiger partial charge in [-0.05, 0) is 37.0 Å². The van der Waals surface area contributed by atoms with Crippen LogP contribution in [0.25, 0.3) is 0 Å². The minimum absolute atomic E-state index is 0.162. The van der Waals surface area contributed by atoms with Crippen LogP contribution in [0.4, 0.5) is 5.69 Å². The van der Waals surface area contributed by atoms with Crippen LogP contribution in [0.2, 0.25) is 0 Å². The Balaban J connectivity index is 1.85. The van der Waals surface area contributed by atoms with Gasteiger partial charge < -0.3 is 20.7 Å². The Bertz CT molecular complexity index is 846. The summed E-state index contributed by atoms with van der Waals surface area (Å²) in [6.45, 7) is 0.626. The van der Waals surface area contributed by atoms with Crippen LogP contribution < -0.4 is 16.1 Å². The summed E-state index contributed by atoms with van der Waals surface area (Å²) >= 11 is 0. The Hall–Kier alpha value is -3.23. The Kier molecular flexibility index (Phi) is 12.3. The minimum Gasteiger partial charge on any atom is -0.354 e. The van der Waals surface area contributed by atoms with E-state index in [1.807, 2.05) is 48.5 Å². The van der Waals surface area contributed by atoms with Gasteiger partial charge in [-0.15, -0.1) is 0 Å². The Labute approximate surface area is 195 Å².